The summed E-state index contributed by atoms with van der Waals surface area (Å²) in [5, 5.41) is 0. The molecule has 0 aliphatic rings. The molecule has 126 valence electrons. The smallest absolute Gasteiger partial charge is 0.204 e. The molecule has 1 atom stereocenters. The number of hydrogen-bond donors (Lipinski definition) is 0. The highest BCUT2D eigenvalue weighted by Crippen LogP contribution is 2.31. The highest BCUT2D eigenvalue weighted by atomic mass is 19.2. The van der Waals surface area contributed by atoms with Crippen molar-refractivity contribution in [1.29, 1.82) is 0 Å². The summed E-state index contributed by atoms with van der Waals surface area (Å²) in [6, 6.07) is 0. The summed E-state index contributed by atoms with van der Waals surface area (Å²) in [5.74, 6) is -7.00. The van der Waals surface area contributed by atoms with Crippen molar-refractivity contribution in [3.8, 4) is 5.75 Å². The summed E-state index contributed by atoms with van der Waals surface area (Å²) >= 11 is 0. The predicted molar refractivity (Wildman–Crippen MR) is 75.8 cm³/mol. The zero-order valence-corrected chi connectivity index (χ0v) is 13.1. The van der Waals surface area contributed by atoms with Gasteiger partial charge in [-0.1, -0.05) is 26.2 Å². The molecule has 0 aliphatic carbocycles. The van der Waals surface area contributed by atoms with E-state index in [1.54, 1.807) is 6.92 Å². The van der Waals surface area contributed by atoms with Crippen LogP contribution < -0.4 is 4.74 Å². The second-order valence-electron chi connectivity index (χ2n) is 5.27. The van der Waals surface area contributed by atoms with Crippen LogP contribution in [0.25, 0.3) is 0 Å². The van der Waals surface area contributed by atoms with E-state index in [0.717, 1.165) is 25.7 Å². The van der Waals surface area contributed by atoms with Gasteiger partial charge in [0.25, 0.3) is 0 Å². The number of rotatable bonds is 9. The number of hydrogen-bond acceptors (Lipinski definition) is 2. The number of halogens is 4. The highest BCUT2D eigenvalue weighted by Gasteiger charge is 2.27. The minimum atomic E-state index is -1.52. The fraction of sp³-hybridized carbons (Fsp3) is 0.625. The molecule has 2 nitrogen and oxygen atoms in total. The standard InChI is InChI=1S/C16H22F4O2/c1-4-5-6-7-8-10(2)22-16-14(19)12(17)11(9-21-3)13(18)15(16)20/h10H,4-9H2,1-3H3. The van der Waals surface area contributed by atoms with Crippen LogP contribution in [0, 0.1) is 23.3 Å². The van der Waals surface area contributed by atoms with Crippen molar-refractivity contribution in [3.05, 3.63) is 28.8 Å². The maximum Gasteiger partial charge on any atom is 0.204 e. The fourth-order valence-corrected chi connectivity index (χ4v) is 2.15. The lowest BCUT2D eigenvalue weighted by molar-refractivity contribution is 0.166. The summed E-state index contributed by atoms with van der Waals surface area (Å²) in [5.41, 5.74) is -0.777. The van der Waals surface area contributed by atoms with Crippen LogP contribution in [-0.4, -0.2) is 13.2 Å². The Labute approximate surface area is 128 Å². The van der Waals surface area contributed by atoms with E-state index in [-0.39, 0.29) is 0 Å². The minimum Gasteiger partial charge on any atom is -0.485 e. The number of benzene rings is 1. The molecule has 6 heteroatoms. The van der Waals surface area contributed by atoms with Gasteiger partial charge in [-0.05, 0) is 19.8 Å². The van der Waals surface area contributed by atoms with E-state index < -0.39 is 47.3 Å². The van der Waals surface area contributed by atoms with E-state index in [1.807, 2.05) is 0 Å². The van der Waals surface area contributed by atoms with E-state index in [9.17, 15) is 17.6 Å². The van der Waals surface area contributed by atoms with Gasteiger partial charge in [-0.15, -0.1) is 0 Å². The van der Waals surface area contributed by atoms with Crippen LogP contribution in [0.15, 0.2) is 0 Å². The van der Waals surface area contributed by atoms with Gasteiger partial charge in [0.15, 0.2) is 17.4 Å². The Bertz CT molecular complexity index is 463. The number of ether oxygens (including phenoxy) is 2. The molecule has 0 amide bonds. The molecule has 0 saturated carbocycles. The lowest BCUT2D eigenvalue weighted by Crippen LogP contribution is -2.16. The maximum absolute atomic E-state index is 13.9. The van der Waals surface area contributed by atoms with Crippen LogP contribution in [0.2, 0.25) is 0 Å². The molecule has 0 saturated heterocycles. The van der Waals surface area contributed by atoms with E-state index in [1.165, 1.54) is 7.11 Å². The van der Waals surface area contributed by atoms with Gasteiger partial charge in [0, 0.05) is 7.11 Å². The van der Waals surface area contributed by atoms with E-state index in [4.69, 9.17) is 4.74 Å². The van der Waals surface area contributed by atoms with Crippen molar-refractivity contribution in [2.24, 2.45) is 0 Å². The molecule has 1 aromatic rings. The molecule has 0 aliphatic heterocycles. The SMILES string of the molecule is CCCCCCC(C)Oc1c(F)c(F)c(COC)c(F)c1F. The van der Waals surface area contributed by atoms with Gasteiger partial charge in [-0.3, -0.25) is 0 Å². The Morgan fingerprint density at radius 2 is 1.50 bits per heavy atom. The normalized spacial score (nSPS) is 12.5. The minimum absolute atomic E-state index is 0.534. The summed E-state index contributed by atoms with van der Waals surface area (Å²) in [7, 11) is 1.18. The Kier molecular flexibility index (Phi) is 7.65. The molecular weight excluding hydrogens is 300 g/mol. The van der Waals surface area contributed by atoms with Crippen LogP contribution in [0.3, 0.4) is 0 Å². The van der Waals surface area contributed by atoms with Crippen molar-refractivity contribution in [2.45, 2.75) is 58.7 Å². The largest absolute Gasteiger partial charge is 0.485 e. The van der Waals surface area contributed by atoms with Gasteiger partial charge in [-0.2, -0.15) is 8.78 Å². The molecule has 0 heterocycles. The lowest BCUT2D eigenvalue weighted by Gasteiger charge is -2.17. The van der Waals surface area contributed by atoms with Crippen molar-refractivity contribution >= 4 is 0 Å². The lowest BCUT2D eigenvalue weighted by atomic mass is 10.1. The second kappa shape index (κ2) is 8.98. The van der Waals surface area contributed by atoms with Gasteiger partial charge in [0.1, 0.15) is 0 Å². The van der Waals surface area contributed by atoms with E-state index >= 15 is 0 Å². The Morgan fingerprint density at radius 3 is 2.00 bits per heavy atom. The first-order valence-electron chi connectivity index (χ1n) is 7.44. The van der Waals surface area contributed by atoms with E-state index in [0.29, 0.717) is 6.42 Å². The molecule has 0 fully saturated rings. The molecule has 1 rings (SSSR count). The monoisotopic (exact) mass is 322 g/mol. The molecule has 22 heavy (non-hydrogen) atoms. The Hall–Kier alpha value is -1.30. The van der Waals surface area contributed by atoms with E-state index in [2.05, 4.69) is 11.7 Å². The average molecular weight is 322 g/mol. The first kappa shape index (κ1) is 18.7. The fourth-order valence-electron chi connectivity index (χ4n) is 2.15. The first-order chi connectivity index (χ1) is 10.4. The van der Waals surface area contributed by atoms with Crippen molar-refractivity contribution in [3.63, 3.8) is 0 Å². The van der Waals surface area contributed by atoms with Crippen LogP contribution in [-0.2, 0) is 11.3 Å². The second-order valence-corrected chi connectivity index (χ2v) is 5.27. The molecule has 1 aromatic carbocycles. The number of unbranched alkanes of at least 4 members (excludes halogenated alkanes) is 3. The molecule has 0 aromatic heterocycles. The van der Waals surface area contributed by atoms with Crippen LogP contribution in [0.5, 0.6) is 5.75 Å². The van der Waals surface area contributed by atoms with Gasteiger partial charge in [0.05, 0.1) is 18.3 Å². The van der Waals surface area contributed by atoms with Crippen LogP contribution >= 0.6 is 0 Å². The number of methoxy groups -OCH3 is 1. The van der Waals surface area contributed by atoms with Gasteiger partial charge in [0.2, 0.25) is 11.6 Å². The third kappa shape index (κ3) is 4.60. The Balaban J connectivity index is 2.87. The molecule has 0 radical (unpaired) electrons. The maximum atomic E-state index is 13.9. The highest BCUT2D eigenvalue weighted by molar-refractivity contribution is 5.34. The summed E-state index contributed by atoms with van der Waals surface area (Å²) in [6.07, 6.45) is 3.95. The zero-order chi connectivity index (χ0) is 16.7. The molecular formula is C16H22F4O2. The zero-order valence-electron chi connectivity index (χ0n) is 13.1. The molecule has 0 N–H and O–H groups in total. The Morgan fingerprint density at radius 1 is 0.909 bits per heavy atom. The van der Waals surface area contributed by atoms with Crippen molar-refractivity contribution in [2.75, 3.05) is 7.11 Å². The van der Waals surface area contributed by atoms with Crippen LogP contribution in [0.1, 0.15) is 51.5 Å². The summed E-state index contributed by atoms with van der Waals surface area (Å²) < 4.78 is 64.9. The quantitative estimate of drug-likeness (QED) is 0.356. The van der Waals surface area contributed by atoms with Gasteiger partial charge >= 0.3 is 0 Å². The summed E-state index contributed by atoms with van der Waals surface area (Å²) in [6.45, 7) is 3.12. The van der Waals surface area contributed by atoms with Crippen molar-refractivity contribution in [1.82, 2.24) is 0 Å². The third-order valence-corrected chi connectivity index (χ3v) is 3.39. The van der Waals surface area contributed by atoms with Crippen LogP contribution in [0.4, 0.5) is 17.6 Å². The summed E-state index contributed by atoms with van der Waals surface area (Å²) in [4.78, 5) is 0. The van der Waals surface area contributed by atoms with Gasteiger partial charge in [-0.25, -0.2) is 8.78 Å². The topological polar surface area (TPSA) is 18.5 Å². The molecule has 0 bridgehead atoms. The van der Waals surface area contributed by atoms with Crippen molar-refractivity contribution < 1.29 is 27.0 Å². The first-order valence-corrected chi connectivity index (χ1v) is 7.44. The van der Waals surface area contributed by atoms with Gasteiger partial charge < -0.3 is 9.47 Å². The molecule has 0 spiro atoms. The third-order valence-electron chi connectivity index (χ3n) is 3.39. The molecule has 1 unspecified atom stereocenters. The average Bonchev–Trinajstić information content (AvgIpc) is 2.50. The predicted octanol–water partition coefficient (Wildman–Crippen LogP) is 5.13.